The Morgan fingerprint density at radius 1 is 1.12 bits per heavy atom. The van der Waals surface area contributed by atoms with Crippen molar-refractivity contribution in [3.8, 4) is 0 Å². The molecule has 6 nitrogen and oxygen atoms in total. The van der Waals surface area contributed by atoms with Crippen LogP contribution in [0.25, 0.3) is 0 Å². The number of piperidine rings is 1. The maximum atomic E-state index is 12.6. The molecule has 1 amide bonds. The van der Waals surface area contributed by atoms with Crippen molar-refractivity contribution in [1.29, 1.82) is 0 Å². The van der Waals surface area contributed by atoms with Crippen LogP contribution in [0, 0.1) is 5.92 Å². The second-order valence-corrected chi connectivity index (χ2v) is 7.42. The Morgan fingerprint density at radius 3 is 2.62 bits per heavy atom. The lowest BCUT2D eigenvalue weighted by Gasteiger charge is -2.32. The molecule has 0 radical (unpaired) electrons. The summed E-state index contributed by atoms with van der Waals surface area (Å²) < 4.78 is 0. The van der Waals surface area contributed by atoms with Gasteiger partial charge in [-0.3, -0.25) is 4.79 Å². The first-order valence-corrected chi connectivity index (χ1v) is 9.38. The molecule has 3 aliphatic rings. The van der Waals surface area contributed by atoms with Crippen molar-refractivity contribution in [2.45, 2.75) is 63.1 Å². The minimum absolute atomic E-state index is 0.0218. The Bertz CT molecular complexity index is 544. The van der Waals surface area contributed by atoms with Crippen LogP contribution in [0.3, 0.4) is 0 Å². The average Bonchev–Trinajstić information content (AvgIpc) is 3.07. The third-order valence-electron chi connectivity index (χ3n) is 5.86. The quantitative estimate of drug-likeness (QED) is 0.879. The molecule has 3 fully saturated rings. The number of fused-ring (bicyclic) bond motifs is 1. The van der Waals surface area contributed by atoms with E-state index in [0.29, 0.717) is 12.0 Å². The topological polar surface area (TPSA) is 70.2 Å². The monoisotopic (exact) mass is 329 g/mol. The zero-order valence-corrected chi connectivity index (χ0v) is 14.2. The fraction of sp³-hybridized carbons (Fsp3) is 0.722. The maximum absolute atomic E-state index is 12.6. The number of nitrogens with one attached hydrogen (secondary N) is 2. The molecule has 130 valence electrons. The number of aromatic nitrogens is 2. The van der Waals surface area contributed by atoms with Gasteiger partial charge in [-0.25, -0.2) is 9.97 Å². The van der Waals surface area contributed by atoms with E-state index in [-0.39, 0.29) is 18.0 Å². The van der Waals surface area contributed by atoms with Crippen LogP contribution in [0.4, 0.5) is 5.95 Å². The van der Waals surface area contributed by atoms with E-state index in [1.165, 1.54) is 25.7 Å². The largest absolute Gasteiger partial charge is 0.352 e. The van der Waals surface area contributed by atoms with E-state index in [2.05, 4.69) is 25.5 Å². The molecular formula is C18H27N5O. The van der Waals surface area contributed by atoms with Crippen LogP contribution < -0.4 is 15.5 Å². The number of anilines is 1. The number of carbonyl (C=O) groups excluding carboxylic acids is 1. The van der Waals surface area contributed by atoms with Gasteiger partial charge in [-0.2, -0.15) is 0 Å². The van der Waals surface area contributed by atoms with Gasteiger partial charge in [0.15, 0.2) is 0 Å². The number of hydrogen-bond donors (Lipinski definition) is 2. The molecule has 2 N–H and O–H groups in total. The molecule has 0 bridgehead atoms. The molecule has 24 heavy (non-hydrogen) atoms. The van der Waals surface area contributed by atoms with Gasteiger partial charge >= 0.3 is 0 Å². The number of rotatable bonds is 3. The summed E-state index contributed by atoms with van der Waals surface area (Å²) >= 11 is 0. The highest BCUT2D eigenvalue weighted by atomic mass is 16.2. The summed E-state index contributed by atoms with van der Waals surface area (Å²) in [5.41, 5.74) is 0. The van der Waals surface area contributed by atoms with Crippen molar-refractivity contribution < 1.29 is 4.79 Å². The van der Waals surface area contributed by atoms with E-state index in [4.69, 9.17) is 0 Å². The van der Waals surface area contributed by atoms with E-state index in [9.17, 15) is 4.79 Å². The first-order chi connectivity index (χ1) is 11.8. The zero-order chi connectivity index (χ0) is 16.4. The molecular weight excluding hydrogens is 302 g/mol. The van der Waals surface area contributed by atoms with Crippen LogP contribution >= 0.6 is 0 Å². The van der Waals surface area contributed by atoms with E-state index in [1.54, 1.807) is 12.4 Å². The van der Waals surface area contributed by atoms with E-state index >= 15 is 0 Å². The molecule has 0 unspecified atom stereocenters. The van der Waals surface area contributed by atoms with Crippen molar-refractivity contribution in [2.75, 3.05) is 18.0 Å². The Labute approximate surface area is 143 Å². The molecule has 2 saturated heterocycles. The standard InChI is InChI=1S/C18H27N5O/c24-17(16-12-13-4-1-2-5-15(13)22-16)21-14-6-10-23(11-7-14)18-19-8-3-9-20-18/h3,8-9,13-16,22H,1-2,4-7,10-12H2,(H,21,24)/t13-,15+,16-/m0/s1. The molecule has 0 spiro atoms. The summed E-state index contributed by atoms with van der Waals surface area (Å²) in [6.45, 7) is 1.80. The normalized spacial score (nSPS) is 30.8. The number of amides is 1. The number of nitrogens with zero attached hydrogens (tertiary/aromatic N) is 3. The van der Waals surface area contributed by atoms with Gasteiger partial charge in [0.25, 0.3) is 0 Å². The average molecular weight is 329 g/mol. The van der Waals surface area contributed by atoms with Gasteiger partial charge in [0.05, 0.1) is 6.04 Å². The van der Waals surface area contributed by atoms with Gasteiger partial charge in [-0.1, -0.05) is 12.8 Å². The van der Waals surface area contributed by atoms with E-state index in [1.807, 2.05) is 6.07 Å². The molecule has 1 saturated carbocycles. The Hall–Kier alpha value is -1.69. The summed E-state index contributed by atoms with van der Waals surface area (Å²) in [5.74, 6) is 1.72. The van der Waals surface area contributed by atoms with Gasteiger partial charge in [-0.05, 0) is 44.1 Å². The Morgan fingerprint density at radius 2 is 1.88 bits per heavy atom. The van der Waals surface area contributed by atoms with Crippen molar-refractivity contribution in [2.24, 2.45) is 5.92 Å². The van der Waals surface area contributed by atoms with Crippen molar-refractivity contribution in [1.82, 2.24) is 20.6 Å². The summed E-state index contributed by atoms with van der Waals surface area (Å²) in [6.07, 6.45) is 11.7. The summed E-state index contributed by atoms with van der Waals surface area (Å²) in [4.78, 5) is 23.4. The summed E-state index contributed by atoms with van der Waals surface area (Å²) in [6, 6.07) is 2.71. The second-order valence-electron chi connectivity index (χ2n) is 7.42. The Balaban J connectivity index is 1.26. The lowest BCUT2D eigenvalue weighted by molar-refractivity contribution is -0.123. The first kappa shape index (κ1) is 15.8. The van der Waals surface area contributed by atoms with Crippen molar-refractivity contribution in [3.05, 3.63) is 18.5 Å². The van der Waals surface area contributed by atoms with Gasteiger partial charge in [0, 0.05) is 37.6 Å². The fourth-order valence-electron chi connectivity index (χ4n) is 4.50. The minimum Gasteiger partial charge on any atom is -0.352 e. The highest BCUT2D eigenvalue weighted by molar-refractivity contribution is 5.82. The predicted octanol–water partition coefficient (Wildman–Crippen LogP) is 1.48. The lowest BCUT2D eigenvalue weighted by atomic mass is 9.85. The molecule has 3 atom stereocenters. The molecule has 1 aliphatic carbocycles. The fourth-order valence-corrected chi connectivity index (χ4v) is 4.50. The van der Waals surface area contributed by atoms with Crippen LogP contribution in [0.5, 0.6) is 0 Å². The summed E-state index contributed by atoms with van der Waals surface area (Å²) in [5, 5.41) is 6.85. The molecule has 6 heteroatoms. The van der Waals surface area contributed by atoms with Crippen LogP contribution in [0.15, 0.2) is 18.5 Å². The molecule has 1 aromatic heterocycles. The highest BCUT2D eigenvalue weighted by Gasteiger charge is 2.38. The minimum atomic E-state index is 0.0218. The van der Waals surface area contributed by atoms with Gasteiger partial charge in [0.2, 0.25) is 11.9 Å². The molecule has 4 rings (SSSR count). The van der Waals surface area contributed by atoms with Crippen LogP contribution in [-0.2, 0) is 4.79 Å². The molecule has 0 aromatic carbocycles. The first-order valence-electron chi connectivity index (χ1n) is 9.38. The highest BCUT2D eigenvalue weighted by Crippen LogP contribution is 2.33. The molecule has 2 aliphatic heterocycles. The third-order valence-corrected chi connectivity index (χ3v) is 5.86. The van der Waals surface area contributed by atoms with Crippen LogP contribution in [0.1, 0.15) is 44.9 Å². The number of hydrogen-bond acceptors (Lipinski definition) is 5. The van der Waals surface area contributed by atoms with E-state index in [0.717, 1.165) is 38.3 Å². The van der Waals surface area contributed by atoms with E-state index < -0.39 is 0 Å². The van der Waals surface area contributed by atoms with Crippen molar-refractivity contribution >= 4 is 11.9 Å². The van der Waals surface area contributed by atoms with Gasteiger partial charge in [0.1, 0.15) is 0 Å². The maximum Gasteiger partial charge on any atom is 0.237 e. The van der Waals surface area contributed by atoms with Crippen LogP contribution in [-0.4, -0.2) is 47.1 Å². The van der Waals surface area contributed by atoms with Gasteiger partial charge < -0.3 is 15.5 Å². The molecule has 1 aromatic rings. The Kier molecular flexibility index (Phi) is 4.65. The predicted molar refractivity (Wildman–Crippen MR) is 92.7 cm³/mol. The SMILES string of the molecule is O=C(NC1CCN(c2ncccn2)CC1)[C@@H]1C[C@@H]2CCCC[C@H]2N1. The smallest absolute Gasteiger partial charge is 0.237 e. The lowest BCUT2D eigenvalue weighted by Crippen LogP contribution is -2.50. The zero-order valence-electron chi connectivity index (χ0n) is 14.2. The second kappa shape index (κ2) is 7.05. The number of carbonyl (C=O) groups is 1. The van der Waals surface area contributed by atoms with Crippen LogP contribution in [0.2, 0.25) is 0 Å². The summed E-state index contributed by atoms with van der Waals surface area (Å²) in [7, 11) is 0. The molecule has 3 heterocycles. The van der Waals surface area contributed by atoms with Gasteiger partial charge in [-0.15, -0.1) is 0 Å². The third kappa shape index (κ3) is 3.38. The van der Waals surface area contributed by atoms with Crippen molar-refractivity contribution in [3.63, 3.8) is 0 Å².